The molecule has 1 aliphatic rings. The third-order valence-corrected chi connectivity index (χ3v) is 3.55. The topological polar surface area (TPSA) is 78.4 Å². The van der Waals surface area contributed by atoms with Crippen LogP contribution in [0.15, 0.2) is 18.2 Å². The molecule has 6 heteroatoms. The van der Waals surface area contributed by atoms with Gasteiger partial charge in [-0.05, 0) is 37.0 Å². The van der Waals surface area contributed by atoms with Crippen LogP contribution in [-0.4, -0.2) is 23.7 Å². The zero-order valence-corrected chi connectivity index (χ0v) is 11.7. The zero-order valence-electron chi connectivity index (χ0n) is 11.0. The van der Waals surface area contributed by atoms with Gasteiger partial charge in [0, 0.05) is 6.54 Å². The Bertz CT molecular complexity index is 515. The molecule has 2 amide bonds. The molecule has 0 aromatic heterocycles. The molecule has 1 saturated carbocycles. The van der Waals surface area contributed by atoms with Crippen LogP contribution in [0.5, 0.6) is 0 Å². The summed E-state index contributed by atoms with van der Waals surface area (Å²) in [5.74, 6) is -0.194. The number of halogens is 1. The molecule has 0 unspecified atom stereocenters. The summed E-state index contributed by atoms with van der Waals surface area (Å²) in [6, 6.07) is 3.87. The number of urea groups is 1. The van der Waals surface area contributed by atoms with Gasteiger partial charge in [0.05, 0.1) is 16.3 Å². The lowest BCUT2D eigenvalue weighted by Crippen LogP contribution is -2.29. The largest absolute Gasteiger partial charge is 0.478 e. The molecule has 2 rings (SSSR count). The van der Waals surface area contributed by atoms with Crippen LogP contribution in [-0.2, 0) is 0 Å². The van der Waals surface area contributed by atoms with Crippen molar-refractivity contribution in [3.63, 3.8) is 0 Å². The maximum Gasteiger partial charge on any atom is 0.335 e. The molecule has 0 spiro atoms. The number of nitrogens with one attached hydrogen (secondary N) is 2. The predicted molar refractivity (Wildman–Crippen MR) is 77.4 cm³/mol. The molecule has 1 aromatic carbocycles. The van der Waals surface area contributed by atoms with Crippen LogP contribution in [0.4, 0.5) is 10.5 Å². The van der Waals surface area contributed by atoms with E-state index in [1.165, 1.54) is 31.0 Å². The highest BCUT2D eigenvalue weighted by Crippen LogP contribution is 2.33. The second-order valence-electron chi connectivity index (χ2n) is 4.97. The van der Waals surface area contributed by atoms with Crippen LogP contribution in [0.3, 0.4) is 0 Å². The highest BCUT2D eigenvalue weighted by molar-refractivity contribution is 6.34. The van der Waals surface area contributed by atoms with Crippen molar-refractivity contribution in [1.29, 1.82) is 0 Å². The quantitative estimate of drug-likeness (QED) is 0.704. The van der Waals surface area contributed by atoms with Gasteiger partial charge in [-0.15, -0.1) is 0 Å². The normalized spacial score (nSPS) is 13.8. The van der Waals surface area contributed by atoms with Gasteiger partial charge >= 0.3 is 12.0 Å². The Morgan fingerprint density at radius 1 is 1.35 bits per heavy atom. The Balaban J connectivity index is 1.79. The molecule has 1 fully saturated rings. The minimum atomic E-state index is -1.05. The molecule has 0 heterocycles. The van der Waals surface area contributed by atoms with Gasteiger partial charge < -0.3 is 15.7 Å². The molecule has 1 aromatic rings. The Morgan fingerprint density at radius 2 is 2.10 bits per heavy atom. The summed E-state index contributed by atoms with van der Waals surface area (Å²) in [5.41, 5.74) is 0.488. The Kier molecular flexibility index (Phi) is 4.84. The van der Waals surface area contributed by atoms with Crippen LogP contribution < -0.4 is 10.6 Å². The number of carboxylic acid groups (broad SMARTS) is 1. The van der Waals surface area contributed by atoms with E-state index < -0.39 is 5.97 Å². The number of amides is 2. The molecule has 3 N–H and O–H groups in total. The second kappa shape index (κ2) is 6.61. The maximum absolute atomic E-state index is 11.6. The fraction of sp³-hybridized carbons (Fsp3) is 0.429. The first-order valence-electron chi connectivity index (χ1n) is 6.64. The molecule has 20 heavy (non-hydrogen) atoms. The van der Waals surface area contributed by atoms with E-state index in [9.17, 15) is 9.59 Å². The van der Waals surface area contributed by atoms with E-state index in [1.54, 1.807) is 0 Å². The van der Waals surface area contributed by atoms with E-state index in [1.807, 2.05) is 0 Å². The van der Waals surface area contributed by atoms with Crippen molar-refractivity contribution >= 4 is 29.3 Å². The molecule has 0 saturated heterocycles. The summed E-state index contributed by atoms with van der Waals surface area (Å²) in [6.45, 7) is 0.632. The number of hydrogen-bond acceptors (Lipinski definition) is 2. The van der Waals surface area contributed by atoms with E-state index >= 15 is 0 Å². The Labute approximate surface area is 122 Å². The average molecular weight is 297 g/mol. The first kappa shape index (κ1) is 14.7. The van der Waals surface area contributed by atoms with Gasteiger partial charge in [0.25, 0.3) is 0 Å². The monoisotopic (exact) mass is 296 g/mol. The van der Waals surface area contributed by atoms with Crippen molar-refractivity contribution < 1.29 is 14.7 Å². The molecular weight excluding hydrogens is 280 g/mol. The number of carboxylic acids is 1. The van der Waals surface area contributed by atoms with Gasteiger partial charge in [-0.25, -0.2) is 9.59 Å². The highest BCUT2D eigenvalue weighted by atomic mass is 35.5. The van der Waals surface area contributed by atoms with E-state index in [0.717, 1.165) is 18.8 Å². The average Bonchev–Trinajstić information content (AvgIpc) is 3.21. The summed E-state index contributed by atoms with van der Waals surface area (Å²) in [4.78, 5) is 22.4. The zero-order chi connectivity index (χ0) is 14.5. The van der Waals surface area contributed by atoms with Crippen LogP contribution in [0.2, 0.25) is 5.02 Å². The molecule has 5 nitrogen and oxygen atoms in total. The van der Waals surface area contributed by atoms with Crippen molar-refractivity contribution in [3.05, 3.63) is 28.8 Å². The van der Waals surface area contributed by atoms with Crippen LogP contribution in [0.1, 0.15) is 36.0 Å². The van der Waals surface area contributed by atoms with E-state index in [-0.39, 0.29) is 16.6 Å². The molecule has 0 radical (unpaired) electrons. The Morgan fingerprint density at radius 3 is 2.70 bits per heavy atom. The fourth-order valence-corrected chi connectivity index (χ4v) is 2.14. The minimum Gasteiger partial charge on any atom is -0.478 e. The number of anilines is 1. The third-order valence-electron chi connectivity index (χ3n) is 3.24. The molecule has 1 aliphatic carbocycles. The van der Waals surface area contributed by atoms with Crippen molar-refractivity contribution in [2.75, 3.05) is 11.9 Å². The SMILES string of the molecule is O=C(NCCCC1CC1)Nc1ccc(C(=O)O)cc1Cl. The van der Waals surface area contributed by atoms with Crippen molar-refractivity contribution in [1.82, 2.24) is 5.32 Å². The first-order chi connectivity index (χ1) is 9.56. The van der Waals surface area contributed by atoms with Gasteiger partial charge in [0.2, 0.25) is 0 Å². The van der Waals surface area contributed by atoms with Crippen molar-refractivity contribution in [3.8, 4) is 0 Å². The van der Waals surface area contributed by atoms with Crippen LogP contribution in [0, 0.1) is 5.92 Å². The third kappa shape index (κ3) is 4.42. The van der Waals surface area contributed by atoms with Gasteiger partial charge in [0.15, 0.2) is 0 Å². The number of hydrogen-bond donors (Lipinski definition) is 3. The van der Waals surface area contributed by atoms with Crippen molar-refractivity contribution in [2.24, 2.45) is 5.92 Å². The summed E-state index contributed by atoms with van der Waals surface area (Å²) >= 11 is 5.92. The van der Waals surface area contributed by atoms with E-state index in [4.69, 9.17) is 16.7 Å². The number of carbonyl (C=O) groups excluding carboxylic acids is 1. The lowest BCUT2D eigenvalue weighted by Gasteiger charge is -2.09. The highest BCUT2D eigenvalue weighted by Gasteiger charge is 2.20. The second-order valence-corrected chi connectivity index (χ2v) is 5.37. The molecule has 0 bridgehead atoms. The smallest absolute Gasteiger partial charge is 0.335 e. The number of benzene rings is 1. The van der Waals surface area contributed by atoms with Crippen molar-refractivity contribution in [2.45, 2.75) is 25.7 Å². The fourth-order valence-electron chi connectivity index (χ4n) is 1.92. The summed E-state index contributed by atoms with van der Waals surface area (Å²) in [6.07, 6.45) is 4.77. The first-order valence-corrected chi connectivity index (χ1v) is 7.02. The van der Waals surface area contributed by atoms with Gasteiger partial charge in [-0.2, -0.15) is 0 Å². The maximum atomic E-state index is 11.6. The molecular formula is C14H17ClN2O3. The molecule has 0 aliphatic heterocycles. The van der Waals surface area contributed by atoms with E-state index in [0.29, 0.717) is 12.2 Å². The predicted octanol–water partition coefficient (Wildman–Crippen LogP) is 3.35. The van der Waals surface area contributed by atoms with Gasteiger partial charge in [-0.3, -0.25) is 0 Å². The number of aromatic carboxylic acids is 1. The lowest BCUT2D eigenvalue weighted by atomic mass is 10.2. The van der Waals surface area contributed by atoms with Gasteiger partial charge in [0.1, 0.15) is 0 Å². The summed E-state index contributed by atoms with van der Waals surface area (Å²) in [7, 11) is 0. The molecule has 108 valence electrons. The van der Waals surface area contributed by atoms with E-state index in [2.05, 4.69) is 10.6 Å². The lowest BCUT2D eigenvalue weighted by molar-refractivity contribution is 0.0697. The summed E-state index contributed by atoms with van der Waals surface area (Å²) < 4.78 is 0. The minimum absolute atomic E-state index is 0.0883. The summed E-state index contributed by atoms with van der Waals surface area (Å²) in [5, 5.41) is 14.4. The number of carbonyl (C=O) groups is 2. The molecule has 0 atom stereocenters. The number of rotatable bonds is 6. The Hall–Kier alpha value is -1.75. The van der Waals surface area contributed by atoms with Crippen LogP contribution >= 0.6 is 11.6 Å². The van der Waals surface area contributed by atoms with Crippen LogP contribution in [0.25, 0.3) is 0 Å². The van der Waals surface area contributed by atoms with Gasteiger partial charge in [-0.1, -0.05) is 24.4 Å². The standard InChI is InChI=1S/C14H17ClN2O3/c15-11-8-10(13(18)19)5-6-12(11)17-14(20)16-7-1-2-9-3-4-9/h5-6,8-9H,1-4,7H2,(H,18,19)(H2,16,17,20).